The molecule has 76 valence electrons. The van der Waals surface area contributed by atoms with E-state index in [4.69, 9.17) is 0 Å². The van der Waals surface area contributed by atoms with Crippen molar-refractivity contribution in [3.05, 3.63) is 41.2 Å². The van der Waals surface area contributed by atoms with E-state index in [1.54, 1.807) is 0 Å². The molecule has 0 spiro atoms. The molecule has 1 aromatic carbocycles. The van der Waals surface area contributed by atoms with Gasteiger partial charge in [0.1, 0.15) is 5.82 Å². The Kier molecular flexibility index (Phi) is 1.56. The highest BCUT2D eigenvalue weighted by molar-refractivity contribution is 5.66. The van der Waals surface area contributed by atoms with E-state index in [2.05, 4.69) is 4.98 Å². The number of hydrogen-bond acceptors (Lipinski definition) is 2. The molecule has 1 aliphatic rings. The molecule has 0 amide bonds. The Morgan fingerprint density at radius 2 is 2.00 bits per heavy atom. The Balaban J connectivity index is 2.36. The Labute approximate surface area is 88.0 Å². The zero-order chi connectivity index (χ0) is 10.6. The summed E-state index contributed by atoms with van der Waals surface area (Å²) in [4.78, 5) is 4.49. The Bertz CT molecular complexity index is 543. The van der Waals surface area contributed by atoms with Crippen molar-refractivity contribution < 1.29 is 5.11 Å². The molecule has 1 unspecified atom stereocenters. The van der Waals surface area contributed by atoms with Gasteiger partial charge in [-0.15, -0.1) is 0 Å². The summed E-state index contributed by atoms with van der Waals surface area (Å²) in [5.41, 5.74) is 4.01. The van der Waals surface area contributed by atoms with Crippen molar-refractivity contribution in [2.24, 2.45) is 0 Å². The molecule has 2 aromatic rings. The summed E-state index contributed by atoms with van der Waals surface area (Å²) >= 11 is 0. The SMILES string of the molecule is Cc1nc2n(c1C)C(O)c1ccccc1-2. The van der Waals surface area contributed by atoms with Gasteiger partial charge < -0.3 is 5.11 Å². The zero-order valence-corrected chi connectivity index (χ0v) is 8.73. The number of hydrogen-bond donors (Lipinski definition) is 1. The summed E-state index contributed by atoms with van der Waals surface area (Å²) < 4.78 is 1.89. The van der Waals surface area contributed by atoms with Crippen molar-refractivity contribution in [3.63, 3.8) is 0 Å². The van der Waals surface area contributed by atoms with E-state index in [0.717, 1.165) is 28.3 Å². The maximum Gasteiger partial charge on any atom is 0.159 e. The molecule has 0 aliphatic carbocycles. The average molecular weight is 200 g/mol. The van der Waals surface area contributed by atoms with Gasteiger partial charge in [0, 0.05) is 16.8 Å². The number of benzene rings is 1. The standard InChI is InChI=1S/C12H12N2O/c1-7-8(2)14-11(13-7)9-5-3-4-6-10(9)12(14)15/h3-6,12,15H,1-2H3. The van der Waals surface area contributed by atoms with Gasteiger partial charge in [-0.3, -0.25) is 4.57 Å². The van der Waals surface area contributed by atoms with Crippen LogP contribution < -0.4 is 0 Å². The van der Waals surface area contributed by atoms with E-state index in [1.807, 2.05) is 42.7 Å². The molecule has 1 atom stereocenters. The van der Waals surface area contributed by atoms with Crippen LogP contribution in [0, 0.1) is 13.8 Å². The molecule has 15 heavy (non-hydrogen) atoms. The summed E-state index contributed by atoms with van der Waals surface area (Å²) in [5, 5.41) is 10.2. The number of nitrogens with zero attached hydrogens (tertiary/aromatic N) is 2. The van der Waals surface area contributed by atoms with Crippen molar-refractivity contribution in [2.45, 2.75) is 20.1 Å². The largest absolute Gasteiger partial charge is 0.369 e. The second-order valence-electron chi connectivity index (χ2n) is 3.94. The van der Waals surface area contributed by atoms with Gasteiger partial charge in [-0.05, 0) is 13.8 Å². The zero-order valence-electron chi connectivity index (χ0n) is 8.73. The van der Waals surface area contributed by atoms with Crippen LogP contribution >= 0.6 is 0 Å². The summed E-state index contributed by atoms with van der Waals surface area (Å²) in [6, 6.07) is 7.87. The van der Waals surface area contributed by atoms with Crippen LogP contribution in [0.3, 0.4) is 0 Å². The van der Waals surface area contributed by atoms with Crippen LogP contribution in [-0.4, -0.2) is 14.7 Å². The van der Waals surface area contributed by atoms with Gasteiger partial charge >= 0.3 is 0 Å². The lowest BCUT2D eigenvalue weighted by Crippen LogP contribution is -2.05. The molecule has 0 saturated carbocycles. The van der Waals surface area contributed by atoms with Crippen molar-refractivity contribution in [3.8, 4) is 11.4 Å². The third-order valence-electron chi connectivity index (χ3n) is 3.11. The molecule has 1 aromatic heterocycles. The lowest BCUT2D eigenvalue weighted by atomic mass is 10.1. The number of aliphatic hydroxyl groups excluding tert-OH is 1. The third kappa shape index (κ3) is 0.957. The molecule has 1 aliphatic heterocycles. The molecule has 3 heteroatoms. The van der Waals surface area contributed by atoms with Crippen LogP contribution in [-0.2, 0) is 0 Å². The summed E-state index contributed by atoms with van der Waals surface area (Å²) in [6.07, 6.45) is -0.572. The molecule has 0 saturated heterocycles. The Morgan fingerprint density at radius 1 is 1.27 bits per heavy atom. The topological polar surface area (TPSA) is 38.0 Å². The molecule has 2 heterocycles. The van der Waals surface area contributed by atoms with Gasteiger partial charge in [-0.1, -0.05) is 24.3 Å². The minimum Gasteiger partial charge on any atom is -0.369 e. The first-order valence-electron chi connectivity index (χ1n) is 5.03. The minimum atomic E-state index is -0.572. The van der Waals surface area contributed by atoms with E-state index in [1.165, 1.54) is 0 Å². The van der Waals surface area contributed by atoms with Crippen molar-refractivity contribution in [1.82, 2.24) is 9.55 Å². The minimum absolute atomic E-state index is 0.572. The second-order valence-corrected chi connectivity index (χ2v) is 3.94. The first-order chi connectivity index (χ1) is 7.20. The van der Waals surface area contributed by atoms with Crippen LogP contribution in [0.4, 0.5) is 0 Å². The normalized spacial score (nSPS) is 17.7. The number of aromatic nitrogens is 2. The predicted octanol–water partition coefficient (Wildman–Crippen LogP) is 2.02. The van der Waals surface area contributed by atoms with Crippen LogP contribution in [0.2, 0.25) is 0 Å². The van der Waals surface area contributed by atoms with E-state index >= 15 is 0 Å². The van der Waals surface area contributed by atoms with Crippen LogP contribution in [0.5, 0.6) is 0 Å². The van der Waals surface area contributed by atoms with E-state index in [9.17, 15) is 5.11 Å². The Morgan fingerprint density at radius 3 is 2.80 bits per heavy atom. The van der Waals surface area contributed by atoms with Crippen LogP contribution in [0.25, 0.3) is 11.4 Å². The van der Waals surface area contributed by atoms with E-state index in [0.29, 0.717) is 0 Å². The quantitative estimate of drug-likeness (QED) is 0.706. The second kappa shape index (κ2) is 2.70. The average Bonchev–Trinajstić information content (AvgIpc) is 2.68. The Hall–Kier alpha value is -1.61. The smallest absolute Gasteiger partial charge is 0.159 e. The predicted molar refractivity (Wildman–Crippen MR) is 57.5 cm³/mol. The first-order valence-corrected chi connectivity index (χ1v) is 5.03. The number of rotatable bonds is 0. The van der Waals surface area contributed by atoms with Crippen LogP contribution in [0.1, 0.15) is 23.2 Å². The van der Waals surface area contributed by atoms with Crippen molar-refractivity contribution in [1.29, 1.82) is 0 Å². The molecule has 3 nitrogen and oxygen atoms in total. The molecule has 0 radical (unpaired) electrons. The summed E-state index contributed by atoms with van der Waals surface area (Å²) in [6.45, 7) is 3.96. The lowest BCUT2D eigenvalue weighted by Gasteiger charge is -2.09. The highest BCUT2D eigenvalue weighted by atomic mass is 16.3. The van der Waals surface area contributed by atoms with Gasteiger partial charge in [0.05, 0.1) is 5.69 Å². The molecule has 0 fully saturated rings. The van der Waals surface area contributed by atoms with Crippen LogP contribution in [0.15, 0.2) is 24.3 Å². The van der Waals surface area contributed by atoms with Gasteiger partial charge in [0.15, 0.2) is 6.23 Å². The molecule has 0 bridgehead atoms. The maximum atomic E-state index is 10.2. The summed E-state index contributed by atoms with van der Waals surface area (Å²) in [7, 11) is 0. The molecular formula is C12H12N2O. The molecule has 3 rings (SSSR count). The van der Waals surface area contributed by atoms with Crippen molar-refractivity contribution in [2.75, 3.05) is 0 Å². The fourth-order valence-corrected chi connectivity index (χ4v) is 2.18. The van der Waals surface area contributed by atoms with Crippen molar-refractivity contribution >= 4 is 0 Å². The third-order valence-corrected chi connectivity index (χ3v) is 3.11. The molecule has 1 N–H and O–H groups in total. The number of aliphatic hydroxyl groups is 1. The van der Waals surface area contributed by atoms with Gasteiger partial charge in [-0.25, -0.2) is 4.98 Å². The van der Waals surface area contributed by atoms with Gasteiger partial charge in [0.25, 0.3) is 0 Å². The first kappa shape index (κ1) is 8.68. The maximum absolute atomic E-state index is 10.2. The lowest BCUT2D eigenvalue weighted by molar-refractivity contribution is 0.153. The highest BCUT2D eigenvalue weighted by Crippen LogP contribution is 2.38. The summed E-state index contributed by atoms with van der Waals surface area (Å²) in [5.74, 6) is 0.883. The monoisotopic (exact) mass is 200 g/mol. The van der Waals surface area contributed by atoms with Gasteiger partial charge in [-0.2, -0.15) is 0 Å². The van der Waals surface area contributed by atoms with E-state index in [-0.39, 0.29) is 0 Å². The molecular weight excluding hydrogens is 188 g/mol. The highest BCUT2D eigenvalue weighted by Gasteiger charge is 2.29. The van der Waals surface area contributed by atoms with E-state index < -0.39 is 6.23 Å². The number of imidazole rings is 1. The van der Waals surface area contributed by atoms with Gasteiger partial charge in [0.2, 0.25) is 0 Å². The number of aryl methyl sites for hydroxylation is 1. The fourth-order valence-electron chi connectivity index (χ4n) is 2.18. The number of fused-ring (bicyclic) bond motifs is 3. The fraction of sp³-hybridized carbons (Fsp3) is 0.250.